The van der Waals surface area contributed by atoms with Gasteiger partial charge in [0.1, 0.15) is 5.82 Å². The molecule has 1 aromatic heterocycles. The van der Waals surface area contributed by atoms with Gasteiger partial charge in [-0.1, -0.05) is 23.3 Å². The Morgan fingerprint density at radius 1 is 1.10 bits per heavy atom. The molecule has 2 heterocycles. The largest absolute Gasteiger partial charge is 0.403 e. The highest BCUT2D eigenvalue weighted by Gasteiger charge is 2.15. The Labute approximate surface area is 179 Å². The second kappa shape index (κ2) is 10.1. The molecule has 0 unspecified atom stereocenters. The first-order chi connectivity index (χ1) is 15.2. The molecule has 8 nitrogen and oxygen atoms in total. The van der Waals surface area contributed by atoms with Crippen molar-refractivity contribution in [2.24, 2.45) is 0 Å². The van der Waals surface area contributed by atoms with Gasteiger partial charge in [0, 0.05) is 30.9 Å². The van der Waals surface area contributed by atoms with E-state index in [1.54, 1.807) is 30.3 Å². The van der Waals surface area contributed by atoms with E-state index in [1.165, 1.54) is 12.1 Å². The van der Waals surface area contributed by atoms with Gasteiger partial charge in [0.25, 0.3) is 11.8 Å². The van der Waals surface area contributed by atoms with Crippen LogP contribution in [-0.4, -0.2) is 60.4 Å². The first-order valence-electron chi connectivity index (χ1n) is 10.2. The predicted octanol–water partition coefficient (Wildman–Crippen LogP) is 3.26. The third kappa shape index (κ3) is 5.65. The Morgan fingerprint density at radius 2 is 1.90 bits per heavy atom. The molecule has 1 aliphatic rings. The monoisotopic (exact) mass is 425 g/mol. The number of hydrogen-bond donors (Lipinski definition) is 2. The number of carbonyl (C=O) groups excluding carboxylic acids is 1. The molecule has 0 atom stereocenters. The molecule has 0 saturated carbocycles. The van der Waals surface area contributed by atoms with Crippen molar-refractivity contribution in [1.29, 1.82) is 0 Å². The number of nitrogens with zero attached hydrogens (tertiary/aromatic N) is 3. The van der Waals surface area contributed by atoms with Crippen molar-refractivity contribution in [2.75, 3.05) is 50.0 Å². The average molecular weight is 425 g/mol. The van der Waals surface area contributed by atoms with Gasteiger partial charge >= 0.3 is 6.01 Å². The topological polar surface area (TPSA) is 92.5 Å². The predicted molar refractivity (Wildman–Crippen MR) is 114 cm³/mol. The van der Waals surface area contributed by atoms with E-state index in [0.29, 0.717) is 17.8 Å². The third-order valence-corrected chi connectivity index (χ3v) is 4.95. The molecule has 0 aliphatic carbocycles. The summed E-state index contributed by atoms with van der Waals surface area (Å²) in [5, 5.41) is 13.6. The molecule has 1 aliphatic heterocycles. The number of amides is 1. The lowest BCUT2D eigenvalue weighted by Crippen LogP contribution is -2.37. The molecule has 0 spiro atoms. The fraction of sp³-hybridized carbons (Fsp3) is 0.318. The number of carbonyl (C=O) groups is 1. The normalized spacial score (nSPS) is 14.4. The fourth-order valence-corrected chi connectivity index (χ4v) is 3.29. The minimum absolute atomic E-state index is 0.0779. The van der Waals surface area contributed by atoms with Crippen LogP contribution in [0.5, 0.6) is 0 Å². The van der Waals surface area contributed by atoms with Crippen molar-refractivity contribution in [2.45, 2.75) is 6.42 Å². The summed E-state index contributed by atoms with van der Waals surface area (Å²) in [4.78, 5) is 14.6. The molecular formula is C22H24FN5O3. The average Bonchev–Trinajstić information content (AvgIpc) is 3.27. The highest BCUT2D eigenvalue weighted by molar-refractivity contribution is 6.04. The molecule has 1 fully saturated rings. The number of anilines is 2. The Morgan fingerprint density at radius 3 is 2.68 bits per heavy atom. The van der Waals surface area contributed by atoms with Crippen molar-refractivity contribution in [3.8, 4) is 11.5 Å². The first-order valence-corrected chi connectivity index (χ1v) is 10.2. The van der Waals surface area contributed by atoms with Crippen LogP contribution < -0.4 is 10.6 Å². The highest BCUT2D eigenvalue weighted by atomic mass is 19.1. The lowest BCUT2D eigenvalue weighted by atomic mass is 10.1. The maximum Gasteiger partial charge on any atom is 0.315 e. The molecule has 31 heavy (non-hydrogen) atoms. The number of benzene rings is 2. The standard InChI is InChI=1S/C22H24FN5O3/c23-19-15-17(25-20(29)16-5-2-1-3-6-16)7-8-18(19)21-26-27-22(31-21)24-9-4-10-28-11-13-30-14-12-28/h1-3,5-8,15H,4,9-14H2,(H,24,27)(H,25,29). The van der Waals surface area contributed by atoms with E-state index in [0.717, 1.165) is 39.3 Å². The molecule has 4 rings (SSSR count). The zero-order valence-corrected chi connectivity index (χ0v) is 17.0. The molecule has 9 heteroatoms. The summed E-state index contributed by atoms with van der Waals surface area (Å²) in [7, 11) is 0. The molecule has 0 bridgehead atoms. The van der Waals surface area contributed by atoms with Gasteiger partial charge in [-0.3, -0.25) is 9.69 Å². The number of ether oxygens (including phenoxy) is 1. The third-order valence-electron chi connectivity index (χ3n) is 4.95. The highest BCUT2D eigenvalue weighted by Crippen LogP contribution is 2.25. The number of morpholine rings is 1. The lowest BCUT2D eigenvalue weighted by molar-refractivity contribution is 0.0378. The molecule has 2 aromatic carbocycles. The van der Waals surface area contributed by atoms with Gasteiger partial charge < -0.3 is 19.8 Å². The quantitative estimate of drug-likeness (QED) is 0.535. The van der Waals surface area contributed by atoms with E-state index in [-0.39, 0.29) is 23.4 Å². The first kappa shape index (κ1) is 21.0. The Bertz CT molecular complexity index is 1010. The van der Waals surface area contributed by atoms with Crippen LogP contribution in [0.3, 0.4) is 0 Å². The summed E-state index contributed by atoms with van der Waals surface area (Å²) in [6.45, 7) is 5.09. The van der Waals surface area contributed by atoms with E-state index < -0.39 is 5.82 Å². The number of hydrogen-bond acceptors (Lipinski definition) is 7. The van der Waals surface area contributed by atoms with Crippen LogP contribution in [0.15, 0.2) is 52.9 Å². The van der Waals surface area contributed by atoms with E-state index in [2.05, 4.69) is 25.7 Å². The molecule has 3 aromatic rings. The van der Waals surface area contributed by atoms with E-state index in [1.807, 2.05) is 6.07 Å². The maximum absolute atomic E-state index is 14.6. The summed E-state index contributed by atoms with van der Waals surface area (Å²) in [5.74, 6) is -0.795. The van der Waals surface area contributed by atoms with E-state index in [9.17, 15) is 9.18 Å². The number of nitrogens with one attached hydrogen (secondary N) is 2. The number of halogens is 1. The summed E-state index contributed by atoms with van der Waals surface area (Å²) < 4.78 is 25.5. The summed E-state index contributed by atoms with van der Waals surface area (Å²) in [5.41, 5.74) is 1.01. The molecule has 0 radical (unpaired) electrons. The van der Waals surface area contributed by atoms with Crippen molar-refractivity contribution >= 4 is 17.6 Å². The van der Waals surface area contributed by atoms with Crippen LogP contribution in [-0.2, 0) is 4.74 Å². The number of aromatic nitrogens is 2. The lowest BCUT2D eigenvalue weighted by Gasteiger charge is -2.26. The van der Waals surface area contributed by atoms with Crippen LogP contribution >= 0.6 is 0 Å². The fourth-order valence-electron chi connectivity index (χ4n) is 3.29. The minimum atomic E-state index is -0.562. The van der Waals surface area contributed by atoms with Gasteiger partial charge in [0.05, 0.1) is 18.8 Å². The second-order valence-corrected chi connectivity index (χ2v) is 7.16. The van der Waals surface area contributed by atoms with Gasteiger partial charge in [-0.25, -0.2) is 4.39 Å². The Kier molecular flexibility index (Phi) is 6.85. The van der Waals surface area contributed by atoms with Gasteiger partial charge in [0.15, 0.2) is 0 Å². The minimum Gasteiger partial charge on any atom is -0.403 e. The Balaban J connectivity index is 1.31. The van der Waals surface area contributed by atoms with Gasteiger partial charge in [-0.15, -0.1) is 5.10 Å². The van der Waals surface area contributed by atoms with E-state index >= 15 is 0 Å². The molecule has 2 N–H and O–H groups in total. The summed E-state index contributed by atoms with van der Waals surface area (Å²) >= 11 is 0. The second-order valence-electron chi connectivity index (χ2n) is 7.16. The van der Waals surface area contributed by atoms with Crippen molar-refractivity contribution in [3.05, 3.63) is 59.9 Å². The van der Waals surface area contributed by atoms with Gasteiger partial charge in [-0.05, 0) is 43.3 Å². The zero-order valence-electron chi connectivity index (χ0n) is 17.0. The smallest absolute Gasteiger partial charge is 0.315 e. The van der Waals surface area contributed by atoms with Crippen LogP contribution in [0.2, 0.25) is 0 Å². The van der Waals surface area contributed by atoms with Crippen molar-refractivity contribution in [1.82, 2.24) is 15.1 Å². The molecule has 162 valence electrons. The van der Waals surface area contributed by atoms with Crippen LogP contribution in [0.4, 0.5) is 16.1 Å². The van der Waals surface area contributed by atoms with Gasteiger partial charge in [-0.2, -0.15) is 0 Å². The van der Waals surface area contributed by atoms with E-state index in [4.69, 9.17) is 9.15 Å². The molecule has 1 saturated heterocycles. The summed E-state index contributed by atoms with van der Waals surface area (Å²) in [6, 6.07) is 13.3. The zero-order chi connectivity index (χ0) is 21.5. The Hall–Kier alpha value is -3.30. The van der Waals surface area contributed by atoms with Crippen LogP contribution in [0, 0.1) is 5.82 Å². The molecule has 1 amide bonds. The molecular weight excluding hydrogens is 401 g/mol. The maximum atomic E-state index is 14.6. The van der Waals surface area contributed by atoms with Crippen molar-refractivity contribution in [3.63, 3.8) is 0 Å². The van der Waals surface area contributed by atoms with Crippen molar-refractivity contribution < 1.29 is 18.3 Å². The van der Waals surface area contributed by atoms with Crippen LogP contribution in [0.25, 0.3) is 11.5 Å². The van der Waals surface area contributed by atoms with Crippen LogP contribution in [0.1, 0.15) is 16.8 Å². The summed E-state index contributed by atoms with van der Waals surface area (Å²) in [6.07, 6.45) is 0.919. The SMILES string of the molecule is O=C(Nc1ccc(-c2nnc(NCCCN3CCOCC3)o2)c(F)c1)c1ccccc1. The number of rotatable bonds is 8. The van der Waals surface area contributed by atoms with Gasteiger partial charge in [0.2, 0.25) is 0 Å².